The highest BCUT2D eigenvalue weighted by Gasteiger charge is 2.10. The maximum atomic E-state index is 9.84. The minimum absolute atomic E-state index is 0.141. The maximum absolute atomic E-state index is 9.84. The molecule has 1 aromatic carbocycles. The van der Waals surface area contributed by atoms with Crippen LogP contribution >= 0.6 is 15.9 Å². The Balaban J connectivity index is 2.04. The standard InChI is InChI=1S/C13H9BrN4O/c14-9-4-5-11(19)10(7-9)13-16-8-18(17-13)12-3-1-2-6-15-12/h1-8,19H. The molecule has 3 rings (SSSR count). The molecule has 3 aromatic rings. The van der Waals surface area contributed by atoms with Crippen molar-refractivity contribution in [2.24, 2.45) is 0 Å². The molecule has 2 aromatic heterocycles. The normalized spacial score (nSPS) is 10.6. The molecule has 0 aliphatic carbocycles. The molecule has 5 nitrogen and oxygen atoms in total. The van der Waals surface area contributed by atoms with Crippen LogP contribution in [-0.4, -0.2) is 24.9 Å². The number of phenols is 1. The molecule has 0 fully saturated rings. The van der Waals surface area contributed by atoms with E-state index in [0.717, 1.165) is 4.47 Å². The van der Waals surface area contributed by atoms with Crippen molar-refractivity contribution in [1.29, 1.82) is 0 Å². The Labute approximate surface area is 117 Å². The third-order valence-electron chi connectivity index (χ3n) is 2.58. The van der Waals surface area contributed by atoms with Gasteiger partial charge in [-0.15, -0.1) is 5.10 Å². The predicted molar refractivity (Wildman–Crippen MR) is 74.0 cm³/mol. The van der Waals surface area contributed by atoms with Gasteiger partial charge in [0, 0.05) is 10.7 Å². The first-order valence-electron chi connectivity index (χ1n) is 5.56. The summed E-state index contributed by atoms with van der Waals surface area (Å²) in [7, 11) is 0. The highest BCUT2D eigenvalue weighted by atomic mass is 79.9. The zero-order chi connectivity index (χ0) is 13.2. The van der Waals surface area contributed by atoms with Crippen molar-refractivity contribution in [2.45, 2.75) is 0 Å². The topological polar surface area (TPSA) is 63.8 Å². The Morgan fingerprint density at radius 1 is 1.11 bits per heavy atom. The van der Waals surface area contributed by atoms with Gasteiger partial charge in [0.25, 0.3) is 0 Å². The summed E-state index contributed by atoms with van der Waals surface area (Å²) in [5.74, 6) is 1.27. The van der Waals surface area contributed by atoms with E-state index in [0.29, 0.717) is 17.2 Å². The highest BCUT2D eigenvalue weighted by Crippen LogP contribution is 2.29. The van der Waals surface area contributed by atoms with Crippen LogP contribution in [0.25, 0.3) is 17.2 Å². The molecule has 0 spiro atoms. The number of phenolic OH excluding ortho intramolecular Hbond substituents is 1. The Hall–Kier alpha value is -2.21. The molecule has 0 aliphatic rings. The van der Waals surface area contributed by atoms with E-state index >= 15 is 0 Å². The average Bonchev–Trinajstić information content (AvgIpc) is 2.92. The Morgan fingerprint density at radius 3 is 2.79 bits per heavy atom. The van der Waals surface area contributed by atoms with Crippen LogP contribution in [0.3, 0.4) is 0 Å². The molecule has 0 radical (unpaired) electrons. The first kappa shape index (κ1) is 11.9. The van der Waals surface area contributed by atoms with Crippen LogP contribution in [0.5, 0.6) is 5.75 Å². The number of hydrogen-bond donors (Lipinski definition) is 1. The van der Waals surface area contributed by atoms with Gasteiger partial charge in [-0.1, -0.05) is 22.0 Å². The van der Waals surface area contributed by atoms with E-state index in [2.05, 4.69) is 31.0 Å². The van der Waals surface area contributed by atoms with E-state index < -0.39 is 0 Å². The summed E-state index contributed by atoms with van der Waals surface area (Å²) in [5.41, 5.74) is 0.573. The molecule has 19 heavy (non-hydrogen) atoms. The number of aromatic nitrogens is 4. The molecule has 0 saturated heterocycles. The molecule has 0 amide bonds. The van der Waals surface area contributed by atoms with E-state index in [-0.39, 0.29) is 5.75 Å². The summed E-state index contributed by atoms with van der Waals surface area (Å²) in [6.07, 6.45) is 3.26. The fraction of sp³-hybridized carbons (Fsp3) is 0. The van der Waals surface area contributed by atoms with Gasteiger partial charge in [0.2, 0.25) is 0 Å². The molecule has 94 valence electrons. The average molecular weight is 317 g/mol. The number of benzene rings is 1. The lowest BCUT2D eigenvalue weighted by Gasteiger charge is -2.01. The number of hydrogen-bond acceptors (Lipinski definition) is 4. The van der Waals surface area contributed by atoms with Crippen molar-refractivity contribution < 1.29 is 5.11 Å². The van der Waals surface area contributed by atoms with Gasteiger partial charge in [-0.05, 0) is 30.3 Å². The fourth-order valence-electron chi connectivity index (χ4n) is 1.67. The van der Waals surface area contributed by atoms with Crippen LogP contribution in [0.1, 0.15) is 0 Å². The highest BCUT2D eigenvalue weighted by molar-refractivity contribution is 9.10. The maximum Gasteiger partial charge on any atom is 0.185 e. The number of rotatable bonds is 2. The van der Waals surface area contributed by atoms with Gasteiger partial charge in [0.05, 0.1) is 5.56 Å². The molecule has 0 unspecified atom stereocenters. The lowest BCUT2D eigenvalue weighted by atomic mass is 10.2. The van der Waals surface area contributed by atoms with Gasteiger partial charge in [-0.3, -0.25) is 0 Å². The van der Waals surface area contributed by atoms with Crippen molar-refractivity contribution >= 4 is 15.9 Å². The lowest BCUT2D eigenvalue weighted by Crippen LogP contribution is -1.97. The van der Waals surface area contributed by atoms with Crippen molar-refractivity contribution in [3.8, 4) is 23.0 Å². The summed E-state index contributed by atoms with van der Waals surface area (Å²) in [5, 5.41) is 14.2. The quantitative estimate of drug-likeness (QED) is 0.789. The molecule has 6 heteroatoms. The molecular formula is C13H9BrN4O. The minimum atomic E-state index is 0.141. The zero-order valence-electron chi connectivity index (χ0n) is 9.73. The SMILES string of the molecule is Oc1ccc(Br)cc1-c1ncn(-c2ccccn2)n1. The van der Waals surface area contributed by atoms with E-state index in [4.69, 9.17) is 0 Å². The first-order chi connectivity index (χ1) is 9.24. The largest absolute Gasteiger partial charge is 0.507 e. The van der Waals surface area contributed by atoms with Crippen LogP contribution in [0.15, 0.2) is 53.4 Å². The van der Waals surface area contributed by atoms with E-state index in [1.165, 1.54) is 0 Å². The Morgan fingerprint density at radius 2 is 2.00 bits per heavy atom. The third-order valence-corrected chi connectivity index (χ3v) is 3.07. The Bertz CT molecular complexity index is 712. The Kier molecular flexibility index (Phi) is 3.00. The van der Waals surface area contributed by atoms with Crippen LogP contribution < -0.4 is 0 Å². The van der Waals surface area contributed by atoms with Crippen molar-refractivity contribution in [3.05, 3.63) is 53.4 Å². The van der Waals surface area contributed by atoms with E-state index in [9.17, 15) is 5.11 Å². The second-order valence-corrected chi connectivity index (χ2v) is 4.78. The van der Waals surface area contributed by atoms with E-state index in [1.807, 2.05) is 18.2 Å². The molecule has 0 aliphatic heterocycles. The van der Waals surface area contributed by atoms with Gasteiger partial charge < -0.3 is 5.11 Å². The van der Waals surface area contributed by atoms with Crippen LogP contribution in [0, 0.1) is 0 Å². The molecule has 0 atom stereocenters. The monoisotopic (exact) mass is 316 g/mol. The van der Waals surface area contributed by atoms with Gasteiger partial charge in [0.1, 0.15) is 12.1 Å². The summed E-state index contributed by atoms with van der Waals surface area (Å²) < 4.78 is 2.42. The second-order valence-electron chi connectivity index (χ2n) is 3.86. The number of aromatic hydroxyl groups is 1. The van der Waals surface area contributed by atoms with Crippen LogP contribution in [-0.2, 0) is 0 Å². The predicted octanol–water partition coefficient (Wildman–Crippen LogP) is 2.80. The molecule has 2 heterocycles. The van der Waals surface area contributed by atoms with Crippen LogP contribution in [0.4, 0.5) is 0 Å². The van der Waals surface area contributed by atoms with E-state index in [1.54, 1.807) is 35.4 Å². The molecule has 1 N–H and O–H groups in total. The van der Waals surface area contributed by atoms with Crippen LogP contribution in [0.2, 0.25) is 0 Å². The third kappa shape index (κ3) is 2.34. The summed E-state index contributed by atoms with van der Waals surface area (Å²) in [6, 6.07) is 10.7. The summed E-state index contributed by atoms with van der Waals surface area (Å²) >= 11 is 3.36. The molecular weight excluding hydrogens is 308 g/mol. The smallest absolute Gasteiger partial charge is 0.185 e. The summed E-state index contributed by atoms with van der Waals surface area (Å²) in [6.45, 7) is 0. The number of nitrogens with zero attached hydrogens (tertiary/aromatic N) is 4. The number of halogens is 1. The van der Waals surface area contributed by atoms with Gasteiger partial charge in [-0.2, -0.15) is 0 Å². The van der Waals surface area contributed by atoms with Crippen molar-refractivity contribution in [1.82, 2.24) is 19.7 Å². The van der Waals surface area contributed by atoms with Gasteiger partial charge >= 0.3 is 0 Å². The first-order valence-corrected chi connectivity index (χ1v) is 6.35. The van der Waals surface area contributed by atoms with Gasteiger partial charge in [-0.25, -0.2) is 14.6 Å². The summed E-state index contributed by atoms with van der Waals surface area (Å²) in [4.78, 5) is 8.38. The lowest BCUT2D eigenvalue weighted by molar-refractivity contribution is 0.476. The number of pyridine rings is 1. The van der Waals surface area contributed by atoms with Crippen molar-refractivity contribution in [3.63, 3.8) is 0 Å². The molecule has 0 saturated carbocycles. The zero-order valence-corrected chi connectivity index (χ0v) is 11.3. The van der Waals surface area contributed by atoms with Gasteiger partial charge in [0.15, 0.2) is 11.6 Å². The van der Waals surface area contributed by atoms with Crippen molar-refractivity contribution in [2.75, 3.05) is 0 Å². The minimum Gasteiger partial charge on any atom is -0.507 e. The fourth-order valence-corrected chi connectivity index (χ4v) is 2.03. The second kappa shape index (κ2) is 4.81. The molecule has 0 bridgehead atoms.